The van der Waals surface area contributed by atoms with E-state index in [0.29, 0.717) is 6.08 Å². The highest BCUT2D eigenvalue weighted by atomic mass is 19.2. The van der Waals surface area contributed by atoms with E-state index in [4.69, 9.17) is 0 Å². The van der Waals surface area contributed by atoms with E-state index in [2.05, 4.69) is 0 Å². The van der Waals surface area contributed by atoms with Gasteiger partial charge in [-0.05, 0) is 6.42 Å². The molecule has 0 amide bonds. The third-order valence-corrected chi connectivity index (χ3v) is 7.02. The summed E-state index contributed by atoms with van der Waals surface area (Å²) in [5.41, 5.74) is -7.96. The van der Waals surface area contributed by atoms with Crippen molar-refractivity contribution in [1.29, 1.82) is 0 Å². The minimum Gasteiger partial charge on any atom is -0.235 e. The molecule has 1 heterocycles. The van der Waals surface area contributed by atoms with Gasteiger partial charge in [0.1, 0.15) is 41.0 Å². The summed E-state index contributed by atoms with van der Waals surface area (Å²) in [7, 11) is 0. The molecule has 0 saturated heterocycles. The first-order chi connectivity index (χ1) is 20.1. The van der Waals surface area contributed by atoms with Crippen LogP contribution in [0, 0.1) is 87.3 Å². The summed E-state index contributed by atoms with van der Waals surface area (Å²) >= 11 is 0. The van der Waals surface area contributed by atoms with Gasteiger partial charge in [-0.25, -0.2) is 71.8 Å². The van der Waals surface area contributed by atoms with Crippen LogP contribution in [-0.4, -0.2) is 12.9 Å². The second-order valence-corrected chi connectivity index (χ2v) is 9.32. The molecule has 3 aromatic rings. The van der Waals surface area contributed by atoms with Crippen molar-refractivity contribution in [2.75, 3.05) is 0 Å². The lowest BCUT2D eigenvalue weighted by Crippen LogP contribution is -2.72. The summed E-state index contributed by atoms with van der Waals surface area (Å²) in [5.74, 6) is -42.2. The third-order valence-electron chi connectivity index (χ3n) is 7.02. The Morgan fingerprint density at radius 3 is 0.953 bits per heavy atom. The first-order valence-corrected chi connectivity index (χ1v) is 11.9. The summed E-state index contributed by atoms with van der Waals surface area (Å²) in [6.45, 7) is -0.413. The molecule has 0 aromatic heterocycles. The SMILES string of the molecule is Fc1c(F)c(F)c([B-](/C=C/CCB2C=CC=C2)(c2c(F)c(F)c(F)c(F)c2F)c2c(F)c(F)c(F)c(F)c2F)c(F)c1F. The Kier molecular flexibility index (Phi) is 8.58. The van der Waals surface area contributed by atoms with Gasteiger partial charge < -0.3 is 0 Å². The molecule has 0 N–H and O–H groups in total. The van der Waals surface area contributed by atoms with Crippen LogP contribution in [0.25, 0.3) is 0 Å². The number of benzene rings is 3. The zero-order valence-corrected chi connectivity index (χ0v) is 20.7. The molecule has 0 bridgehead atoms. The van der Waals surface area contributed by atoms with Crippen LogP contribution in [0.5, 0.6) is 0 Å². The van der Waals surface area contributed by atoms with Gasteiger partial charge in [-0.2, -0.15) is 0 Å². The van der Waals surface area contributed by atoms with Crippen molar-refractivity contribution in [3.8, 4) is 0 Å². The van der Waals surface area contributed by atoms with E-state index in [9.17, 15) is 39.5 Å². The summed E-state index contributed by atoms with van der Waals surface area (Å²) in [6.07, 6.45) is -2.53. The maximum Gasteiger partial charge on any atom is 0.200 e. The van der Waals surface area contributed by atoms with Crippen molar-refractivity contribution in [3.63, 3.8) is 0 Å². The van der Waals surface area contributed by atoms with E-state index in [1.807, 2.05) is 0 Å². The van der Waals surface area contributed by atoms with Crippen molar-refractivity contribution in [2.24, 2.45) is 0 Å². The largest absolute Gasteiger partial charge is 0.235 e. The fraction of sp³-hybridized carbons (Fsp3) is 0.0769. The summed E-state index contributed by atoms with van der Waals surface area (Å²) in [5, 5.41) is 0. The average molecular weight is 629 g/mol. The van der Waals surface area contributed by atoms with Gasteiger partial charge in [0, 0.05) is 0 Å². The highest BCUT2D eigenvalue weighted by molar-refractivity contribution is 7.15. The number of hydrogen-bond acceptors (Lipinski definition) is 0. The molecule has 226 valence electrons. The van der Waals surface area contributed by atoms with Crippen LogP contribution >= 0.6 is 0 Å². The molecule has 0 unspecified atom stereocenters. The highest BCUT2D eigenvalue weighted by Gasteiger charge is 2.46. The molecule has 1 aliphatic rings. The number of allylic oxidation sites excluding steroid dienone is 3. The molecule has 0 nitrogen and oxygen atoms in total. The number of halogens is 15. The molecule has 17 heteroatoms. The van der Waals surface area contributed by atoms with E-state index >= 15 is 26.3 Å². The highest BCUT2D eigenvalue weighted by Crippen LogP contribution is 2.29. The predicted molar refractivity (Wildman–Crippen MR) is 126 cm³/mol. The summed E-state index contributed by atoms with van der Waals surface area (Å²) < 4.78 is 220. The lowest BCUT2D eigenvalue weighted by atomic mass is 9.15. The molecule has 0 atom stereocenters. The Hall–Kier alpha value is -4.04. The van der Waals surface area contributed by atoms with Gasteiger partial charge in [-0.3, -0.25) is 0 Å². The van der Waals surface area contributed by atoms with Crippen molar-refractivity contribution >= 4 is 29.2 Å². The monoisotopic (exact) mass is 629 g/mol. The molecule has 0 aliphatic carbocycles. The maximum absolute atomic E-state index is 15.3. The minimum atomic E-state index is -5.66. The molecule has 4 rings (SSSR count). The van der Waals surface area contributed by atoms with Crippen LogP contribution in [-0.2, 0) is 0 Å². The number of hydrogen-bond donors (Lipinski definition) is 0. The Morgan fingerprint density at radius 1 is 0.419 bits per heavy atom. The second kappa shape index (κ2) is 11.6. The molecule has 0 saturated carbocycles. The molecular formula is C26H10B2F15-. The van der Waals surface area contributed by atoms with Gasteiger partial charge in [-0.1, -0.05) is 18.5 Å². The maximum atomic E-state index is 15.3. The van der Waals surface area contributed by atoms with Gasteiger partial charge in [0.05, 0.1) is 0 Å². The lowest BCUT2D eigenvalue weighted by molar-refractivity contribution is 0.380. The Morgan fingerprint density at radius 2 is 0.674 bits per heavy atom. The van der Waals surface area contributed by atoms with E-state index < -0.39 is 123 Å². The molecule has 0 radical (unpaired) electrons. The van der Waals surface area contributed by atoms with Crippen LogP contribution in [0.4, 0.5) is 65.9 Å². The van der Waals surface area contributed by atoms with Gasteiger partial charge in [0.2, 0.25) is 0 Å². The molecule has 1 aliphatic heterocycles. The standard InChI is InChI=1S/C26H10B2F15/c29-12-9(13(30)19(36)24(41)18(12)35)28(8-4-3-7-27-5-1-2-6-27,10-14(31)20(37)25(42)21(38)15(10)32)11-16(33)22(39)26(43)23(40)17(11)34/h1-2,4-6,8H,3,7H2/q-1/b8-4+. The zero-order valence-electron chi connectivity index (χ0n) is 20.7. The van der Waals surface area contributed by atoms with E-state index in [0.717, 1.165) is 0 Å². The fourth-order valence-corrected chi connectivity index (χ4v) is 5.05. The van der Waals surface area contributed by atoms with Crippen molar-refractivity contribution in [3.05, 3.63) is 123 Å². The van der Waals surface area contributed by atoms with E-state index in [1.54, 1.807) is 24.1 Å². The predicted octanol–water partition coefficient (Wildman–Crippen LogP) is 6.43. The van der Waals surface area contributed by atoms with Gasteiger partial charge >= 0.3 is 0 Å². The van der Waals surface area contributed by atoms with Crippen LogP contribution in [0.15, 0.2) is 36.2 Å². The molecule has 0 fully saturated rings. The first kappa shape index (κ1) is 31.9. The van der Waals surface area contributed by atoms with Crippen molar-refractivity contribution in [2.45, 2.75) is 12.7 Å². The van der Waals surface area contributed by atoms with Gasteiger partial charge in [-0.15, -0.1) is 34.4 Å². The Labute approximate surface area is 231 Å². The van der Waals surface area contributed by atoms with Crippen LogP contribution in [0.2, 0.25) is 6.32 Å². The fourth-order valence-electron chi connectivity index (χ4n) is 5.05. The van der Waals surface area contributed by atoms with Crippen LogP contribution < -0.4 is 16.4 Å². The van der Waals surface area contributed by atoms with E-state index in [-0.39, 0.29) is 12.3 Å². The minimum absolute atomic E-state index is 0.0407. The second-order valence-electron chi connectivity index (χ2n) is 9.32. The van der Waals surface area contributed by atoms with E-state index in [1.165, 1.54) is 0 Å². The summed E-state index contributed by atoms with van der Waals surface area (Å²) in [4.78, 5) is 0. The quantitative estimate of drug-likeness (QED) is 0.123. The van der Waals surface area contributed by atoms with Gasteiger partial charge in [0.25, 0.3) is 0 Å². The molecule has 0 spiro atoms. The molecular weight excluding hydrogens is 619 g/mol. The van der Waals surface area contributed by atoms with Crippen LogP contribution in [0.3, 0.4) is 0 Å². The van der Waals surface area contributed by atoms with Crippen molar-refractivity contribution < 1.29 is 65.9 Å². The molecule has 43 heavy (non-hydrogen) atoms. The lowest BCUT2D eigenvalue weighted by Gasteiger charge is -2.41. The first-order valence-electron chi connectivity index (χ1n) is 11.9. The number of rotatable bonds is 7. The molecule has 3 aromatic carbocycles. The Balaban J connectivity index is 2.32. The zero-order chi connectivity index (χ0) is 32.1. The van der Waals surface area contributed by atoms with Gasteiger partial charge in [0.15, 0.2) is 59.1 Å². The third kappa shape index (κ3) is 4.82. The smallest absolute Gasteiger partial charge is 0.200 e. The van der Waals surface area contributed by atoms with Crippen LogP contribution in [0.1, 0.15) is 6.42 Å². The summed E-state index contributed by atoms with van der Waals surface area (Å²) in [6, 6.07) is 0. The average Bonchev–Trinajstić information content (AvgIpc) is 3.51. The Bertz CT molecular complexity index is 1480. The normalized spacial score (nSPS) is 13.3. The topological polar surface area (TPSA) is 0 Å². The van der Waals surface area contributed by atoms with Crippen molar-refractivity contribution in [1.82, 2.24) is 0 Å².